The number of sulfone groups is 1. The number of hydrogen-bond acceptors (Lipinski definition) is 6. The predicted molar refractivity (Wildman–Crippen MR) is 126 cm³/mol. The van der Waals surface area contributed by atoms with Crippen molar-refractivity contribution in [3.05, 3.63) is 29.6 Å². The van der Waals surface area contributed by atoms with Crippen molar-refractivity contribution >= 4 is 21.8 Å². The van der Waals surface area contributed by atoms with Gasteiger partial charge in [0.15, 0.2) is 21.4 Å². The largest absolute Gasteiger partial charge is 0.488 e. The molecule has 8 nitrogen and oxygen atoms in total. The molecule has 2 aliphatic rings. The molecule has 34 heavy (non-hydrogen) atoms. The lowest BCUT2D eigenvalue weighted by Gasteiger charge is -2.27. The third-order valence-corrected chi connectivity index (χ3v) is 8.41. The van der Waals surface area contributed by atoms with E-state index in [1.165, 1.54) is 11.0 Å². The zero-order valence-corrected chi connectivity index (χ0v) is 21.1. The van der Waals surface area contributed by atoms with Crippen molar-refractivity contribution in [3.8, 4) is 5.75 Å². The Kier molecular flexibility index (Phi) is 7.34. The van der Waals surface area contributed by atoms with Gasteiger partial charge in [-0.25, -0.2) is 17.6 Å². The highest BCUT2D eigenvalue weighted by molar-refractivity contribution is 7.91. The molecule has 1 heterocycles. The first kappa shape index (κ1) is 26.4. The van der Waals surface area contributed by atoms with Gasteiger partial charge in [-0.15, -0.1) is 0 Å². The van der Waals surface area contributed by atoms with Crippen LogP contribution in [0.3, 0.4) is 0 Å². The van der Waals surface area contributed by atoms with Gasteiger partial charge in [0.05, 0.1) is 17.1 Å². The number of hydrogen-bond donors (Lipinski definition) is 2. The number of halogens is 1. The Morgan fingerprint density at radius 1 is 1.18 bits per heavy atom. The predicted octanol–water partition coefficient (Wildman–Crippen LogP) is 2.92. The highest BCUT2D eigenvalue weighted by atomic mass is 32.2. The van der Waals surface area contributed by atoms with Gasteiger partial charge in [-0.05, 0) is 71.1 Å². The Morgan fingerprint density at radius 3 is 2.41 bits per heavy atom. The van der Waals surface area contributed by atoms with Gasteiger partial charge in [0, 0.05) is 12.0 Å². The molecular weight excluding hydrogens is 463 g/mol. The third-order valence-electron chi connectivity index (χ3n) is 6.51. The molecule has 190 valence electrons. The quantitative estimate of drug-likeness (QED) is 0.338. The maximum absolute atomic E-state index is 14.2. The molecule has 0 atom stereocenters. The number of ether oxygens (including phenoxy) is 1. The number of urea groups is 1. The highest BCUT2D eigenvalue weighted by Crippen LogP contribution is 2.50. The fourth-order valence-corrected chi connectivity index (χ4v) is 6.29. The van der Waals surface area contributed by atoms with Gasteiger partial charge >= 0.3 is 6.03 Å². The van der Waals surface area contributed by atoms with E-state index in [-0.39, 0.29) is 29.8 Å². The van der Waals surface area contributed by atoms with E-state index in [4.69, 9.17) is 4.74 Å². The van der Waals surface area contributed by atoms with E-state index in [1.807, 2.05) is 0 Å². The van der Waals surface area contributed by atoms with E-state index < -0.39 is 38.2 Å². The third kappa shape index (κ3) is 6.27. The molecule has 3 rings (SSSR count). The first-order chi connectivity index (χ1) is 15.7. The summed E-state index contributed by atoms with van der Waals surface area (Å²) in [5.41, 5.74) is -1.81. The van der Waals surface area contributed by atoms with Crippen LogP contribution in [-0.4, -0.2) is 66.2 Å². The fraction of sp³-hybridized carbons (Fsp3) is 0.667. The number of carbonyl (C=O) groups is 2. The second-order valence-electron chi connectivity index (χ2n) is 10.6. The lowest BCUT2D eigenvalue weighted by Crippen LogP contribution is -2.44. The number of imide groups is 1. The summed E-state index contributed by atoms with van der Waals surface area (Å²) >= 11 is 0. The Hall–Kier alpha value is -2.20. The smallest absolute Gasteiger partial charge is 0.324 e. The van der Waals surface area contributed by atoms with E-state index in [0.29, 0.717) is 38.6 Å². The number of carbonyl (C=O) groups excluding carboxylic acids is 2. The van der Waals surface area contributed by atoms with Crippen LogP contribution in [0.15, 0.2) is 18.2 Å². The number of nitrogens with one attached hydrogen (secondary N) is 1. The molecule has 1 aliphatic heterocycles. The molecule has 0 bridgehead atoms. The molecule has 2 fully saturated rings. The van der Waals surface area contributed by atoms with Gasteiger partial charge in [-0.2, -0.15) is 0 Å². The molecule has 10 heteroatoms. The second-order valence-corrected chi connectivity index (χ2v) is 12.8. The summed E-state index contributed by atoms with van der Waals surface area (Å²) in [6, 6.07) is 4.03. The number of rotatable bonds is 12. The van der Waals surface area contributed by atoms with Crippen molar-refractivity contribution in [1.82, 2.24) is 10.2 Å². The molecule has 1 aromatic carbocycles. The molecule has 1 saturated carbocycles. The van der Waals surface area contributed by atoms with E-state index in [2.05, 4.69) is 5.32 Å². The Labute approximate surface area is 200 Å². The summed E-state index contributed by atoms with van der Waals surface area (Å²) in [6.45, 7) is 6.79. The van der Waals surface area contributed by atoms with Crippen LogP contribution in [0, 0.1) is 5.82 Å². The topological polar surface area (TPSA) is 113 Å². The molecular formula is C24H35FN2O6S. The lowest BCUT2D eigenvalue weighted by molar-refractivity contribution is -0.125. The first-order valence-electron chi connectivity index (χ1n) is 11.6. The van der Waals surface area contributed by atoms with Crippen LogP contribution in [0.2, 0.25) is 0 Å². The lowest BCUT2D eigenvalue weighted by atomic mass is 9.98. The van der Waals surface area contributed by atoms with Crippen LogP contribution in [0.25, 0.3) is 0 Å². The Bertz CT molecular complexity index is 1040. The molecule has 1 aromatic rings. The average molecular weight is 499 g/mol. The molecule has 1 aliphatic carbocycles. The van der Waals surface area contributed by atoms with Crippen LogP contribution in [-0.2, 0) is 20.0 Å². The fourth-order valence-electron chi connectivity index (χ4n) is 4.20. The van der Waals surface area contributed by atoms with Crippen LogP contribution in [0.4, 0.5) is 9.18 Å². The summed E-state index contributed by atoms with van der Waals surface area (Å²) in [7, 11) is -3.35. The number of amides is 3. The van der Waals surface area contributed by atoms with Crippen molar-refractivity contribution in [1.29, 1.82) is 0 Å². The molecule has 0 aromatic heterocycles. The van der Waals surface area contributed by atoms with Crippen molar-refractivity contribution in [2.45, 2.75) is 76.4 Å². The van der Waals surface area contributed by atoms with Crippen molar-refractivity contribution in [2.75, 3.05) is 24.7 Å². The van der Waals surface area contributed by atoms with E-state index in [9.17, 15) is 27.5 Å². The molecule has 0 unspecified atom stereocenters. The minimum Gasteiger partial charge on any atom is -0.488 e. The molecule has 1 saturated heterocycles. The second kappa shape index (κ2) is 9.45. The Morgan fingerprint density at radius 2 is 1.85 bits per heavy atom. The van der Waals surface area contributed by atoms with Gasteiger partial charge in [0.25, 0.3) is 5.91 Å². The SMILES string of the molecule is CC(C)(O)COc1cc(C2(CS(=O)(=O)CCCCCN3C(=O)NC(=O)C3(C)C)CC2)ccc1F. The summed E-state index contributed by atoms with van der Waals surface area (Å²) in [6.07, 6.45) is 3.09. The van der Waals surface area contributed by atoms with Crippen LogP contribution in [0.1, 0.15) is 65.4 Å². The maximum atomic E-state index is 14.2. The number of unbranched alkanes of at least 4 members (excludes halogenated alkanes) is 2. The minimum atomic E-state index is -3.35. The van der Waals surface area contributed by atoms with Crippen LogP contribution < -0.4 is 10.1 Å². The van der Waals surface area contributed by atoms with Gasteiger partial charge in [-0.3, -0.25) is 10.1 Å². The average Bonchev–Trinajstić information content (AvgIpc) is 3.44. The summed E-state index contributed by atoms with van der Waals surface area (Å²) in [4.78, 5) is 25.2. The highest BCUT2D eigenvalue weighted by Gasteiger charge is 2.48. The van der Waals surface area contributed by atoms with Gasteiger partial charge in [0.2, 0.25) is 0 Å². The number of aliphatic hydroxyl groups is 1. The molecule has 0 radical (unpaired) electrons. The van der Waals surface area contributed by atoms with E-state index >= 15 is 0 Å². The van der Waals surface area contributed by atoms with Crippen molar-refractivity contribution < 1.29 is 32.2 Å². The standard InChI is InChI=1S/C24H35FN2O6S/c1-22(2,30)15-33-19-14-17(8-9-18(19)25)24(10-11-24)16-34(31,32)13-7-5-6-12-27-21(29)26-20(28)23(27,3)4/h8-9,14,30H,5-7,10-13,15-16H2,1-4H3,(H,26,28,29). The van der Waals surface area contributed by atoms with Crippen LogP contribution in [0.5, 0.6) is 5.75 Å². The maximum Gasteiger partial charge on any atom is 0.324 e. The summed E-state index contributed by atoms with van der Waals surface area (Å²) in [5, 5.41) is 12.1. The normalized spacial score (nSPS) is 19.3. The number of benzene rings is 1. The van der Waals surface area contributed by atoms with Crippen molar-refractivity contribution in [2.24, 2.45) is 0 Å². The molecule has 3 amide bonds. The summed E-state index contributed by atoms with van der Waals surface area (Å²) in [5.74, 6) is -0.845. The first-order valence-corrected chi connectivity index (χ1v) is 13.5. The Balaban J connectivity index is 1.52. The molecule has 2 N–H and O–H groups in total. The van der Waals surface area contributed by atoms with E-state index in [0.717, 1.165) is 5.56 Å². The summed E-state index contributed by atoms with van der Waals surface area (Å²) < 4.78 is 45.3. The minimum absolute atomic E-state index is 0.00731. The van der Waals surface area contributed by atoms with Gasteiger partial charge < -0.3 is 14.7 Å². The monoisotopic (exact) mass is 498 g/mol. The van der Waals surface area contributed by atoms with Gasteiger partial charge in [0.1, 0.15) is 12.1 Å². The van der Waals surface area contributed by atoms with Crippen molar-refractivity contribution in [3.63, 3.8) is 0 Å². The number of nitrogens with zero attached hydrogens (tertiary/aromatic N) is 1. The molecule has 0 spiro atoms. The van der Waals surface area contributed by atoms with Gasteiger partial charge in [-0.1, -0.05) is 12.5 Å². The van der Waals surface area contributed by atoms with E-state index in [1.54, 1.807) is 39.8 Å². The zero-order chi connectivity index (χ0) is 25.4. The zero-order valence-electron chi connectivity index (χ0n) is 20.3. The van der Waals surface area contributed by atoms with Crippen LogP contribution >= 0.6 is 0 Å².